The van der Waals surface area contributed by atoms with Gasteiger partial charge in [-0.1, -0.05) is 24.0 Å². The van der Waals surface area contributed by atoms with Crippen LogP contribution in [0.3, 0.4) is 0 Å². The van der Waals surface area contributed by atoms with Crippen LogP contribution < -0.4 is 0 Å². The first-order chi connectivity index (χ1) is 4.29. The van der Waals surface area contributed by atoms with Crippen LogP contribution in [0, 0.1) is 5.92 Å². The molecule has 1 nitrogen and oxygen atoms in total. The molecule has 0 spiro atoms. The molecule has 9 heavy (non-hydrogen) atoms. The lowest BCUT2D eigenvalue weighted by atomic mass is 10.1. The minimum atomic E-state index is -0.592. The van der Waals surface area contributed by atoms with Crippen LogP contribution >= 0.6 is 0 Å². The van der Waals surface area contributed by atoms with Gasteiger partial charge in [0.1, 0.15) is 5.75 Å². The van der Waals surface area contributed by atoms with Gasteiger partial charge in [0.15, 0.2) is 0 Å². The molecule has 1 fully saturated rings. The van der Waals surface area contributed by atoms with E-state index in [0.29, 0.717) is 0 Å². The molecule has 0 heterocycles. The molecule has 0 amide bonds. The Morgan fingerprint density at radius 2 is 2.00 bits per heavy atom. The van der Waals surface area contributed by atoms with Crippen molar-refractivity contribution in [3.05, 3.63) is 5.92 Å². The molecule has 2 heteroatoms. The molecule has 1 aliphatic rings. The van der Waals surface area contributed by atoms with E-state index < -0.39 is 11.2 Å². The van der Waals surface area contributed by atoms with Crippen molar-refractivity contribution in [2.45, 2.75) is 25.7 Å². The van der Waals surface area contributed by atoms with Crippen molar-refractivity contribution in [3.8, 4) is 0 Å². The molecule has 53 valence electrons. The fourth-order valence-electron chi connectivity index (χ4n) is 1.31. The second-order valence-corrected chi connectivity index (χ2v) is 4.11. The van der Waals surface area contributed by atoms with Gasteiger partial charge in [-0.3, -0.25) is 0 Å². The van der Waals surface area contributed by atoms with E-state index in [4.69, 9.17) is 0 Å². The lowest BCUT2D eigenvalue weighted by molar-refractivity contribution is 0.599. The monoisotopic (exact) mass is 145 g/mol. The maximum atomic E-state index is 10.7. The zero-order valence-electron chi connectivity index (χ0n) is 5.85. The summed E-state index contributed by atoms with van der Waals surface area (Å²) in [6.45, 7) is 0. The van der Waals surface area contributed by atoms with E-state index in [1.165, 1.54) is 31.6 Å². The Kier molecular flexibility index (Phi) is 2.86. The lowest BCUT2D eigenvalue weighted by Gasteiger charge is -2.08. The van der Waals surface area contributed by atoms with Crippen LogP contribution in [-0.2, 0) is 11.2 Å². The van der Waals surface area contributed by atoms with Crippen LogP contribution in [0.5, 0.6) is 0 Å². The van der Waals surface area contributed by atoms with E-state index in [0.717, 1.165) is 5.75 Å². The summed E-state index contributed by atoms with van der Waals surface area (Å²) in [5.41, 5.74) is 0. The smallest absolute Gasteiger partial charge is 0.111 e. The summed E-state index contributed by atoms with van der Waals surface area (Å²) < 4.78 is 10.7. The van der Waals surface area contributed by atoms with Gasteiger partial charge in [0.25, 0.3) is 0 Å². The van der Waals surface area contributed by atoms with Crippen molar-refractivity contribution in [3.63, 3.8) is 0 Å². The van der Waals surface area contributed by atoms with Crippen LogP contribution in [0.25, 0.3) is 0 Å². The molecule has 0 aliphatic heterocycles. The second-order valence-electron chi connectivity index (χ2n) is 2.67. The highest BCUT2D eigenvalue weighted by Crippen LogP contribution is 2.27. The third-order valence-electron chi connectivity index (χ3n) is 1.72. The predicted molar refractivity (Wildman–Crippen MR) is 40.6 cm³/mol. The summed E-state index contributed by atoms with van der Waals surface area (Å²) in [6, 6.07) is 0. The topological polar surface area (TPSA) is 23.1 Å². The Bertz CT molecular complexity index is 77.0. The fourth-order valence-corrected chi connectivity index (χ4v) is 2.17. The summed E-state index contributed by atoms with van der Waals surface area (Å²) in [4.78, 5) is 0. The molecule has 1 aliphatic carbocycles. The first-order valence-electron chi connectivity index (χ1n) is 3.42. The molecule has 1 rings (SSSR count). The van der Waals surface area contributed by atoms with E-state index in [9.17, 15) is 4.55 Å². The molecule has 1 saturated carbocycles. The van der Waals surface area contributed by atoms with E-state index in [1.54, 1.807) is 6.26 Å². The summed E-state index contributed by atoms with van der Waals surface area (Å²) >= 11 is -0.592. The van der Waals surface area contributed by atoms with E-state index >= 15 is 0 Å². The maximum absolute atomic E-state index is 10.7. The van der Waals surface area contributed by atoms with Crippen molar-refractivity contribution in [1.82, 2.24) is 0 Å². The van der Waals surface area contributed by atoms with Crippen LogP contribution in [0.2, 0.25) is 0 Å². The third-order valence-corrected chi connectivity index (χ3v) is 2.53. The summed E-state index contributed by atoms with van der Waals surface area (Å²) in [5, 5.41) is 0. The first kappa shape index (κ1) is 7.42. The molecule has 0 saturated heterocycles. The Morgan fingerprint density at radius 3 is 2.44 bits per heavy atom. The zero-order chi connectivity index (χ0) is 6.69. The fraction of sp³-hybridized carbons (Fsp3) is 0.857. The quantitative estimate of drug-likeness (QED) is 0.540. The van der Waals surface area contributed by atoms with Crippen LogP contribution in [0.4, 0.5) is 0 Å². The van der Waals surface area contributed by atoms with Gasteiger partial charge in [0.05, 0.1) is 6.26 Å². The molecular weight excluding hydrogens is 132 g/mol. The summed E-state index contributed by atoms with van der Waals surface area (Å²) in [5.74, 6) is 2.39. The standard InChI is InChI=1S/C7H13OS/c1-9(8)6-7-4-2-3-5-7/h2-6H2,1H3. The average Bonchev–Trinajstić information content (AvgIpc) is 2.15. The molecular formula is C7H13OS. The molecule has 0 N–H and O–H groups in total. The van der Waals surface area contributed by atoms with Crippen molar-refractivity contribution >= 4 is 11.2 Å². The molecule has 1 radical (unpaired) electrons. The largest absolute Gasteiger partial charge is 0.617 e. The van der Waals surface area contributed by atoms with Crippen molar-refractivity contribution in [1.29, 1.82) is 0 Å². The van der Waals surface area contributed by atoms with Gasteiger partial charge in [0.2, 0.25) is 0 Å². The van der Waals surface area contributed by atoms with Crippen molar-refractivity contribution in [2.75, 3.05) is 12.0 Å². The molecule has 1 unspecified atom stereocenters. The van der Waals surface area contributed by atoms with Gasteiger partial charge >= 0.3 is 0 Å². The Balaban J connectivity index is 2.11. The van der Waals surface area contributed by atoms with Gasteiger partial charge in [-0.15, -0.1) is 0 Å². The van der Waals surface area contributed by atoms with E-state index in [2.05, 4.69) is 0 Å². The highest BCUT2D eigenvalue weighted by molar-refractivity contribution is 7.90. The lowest BCUT2D eigenvalue weighted by Crippen LogP contribution is -2.09. The highest BCUT2D eigenvalue weighted by Gasteiger charge is 2.18. The van der Waals surface area contributed by atoms with Gasteiger partial charge in [-0.05, 0) is 12.8 Å². The molecule has 0 aromatic carbocycles. The van der Waals surface area contributed by atoms with Gasteiger partial charge in [-0.2, -0.15) is 0 Å². The molecule has 0 aromatic heterocycles. The predicted octanol–water partition coefficient (Wildman–Crippen LogP) is 1.51. The van der Waals surface area contributed by atoms with Gasteiger partial charge < -0.3 is 4.55 Å². The normalized spacial score (nSPS) is 24.7. The van der Waals surface area contributed by atoms with Gasteiger partial charge in [-0.25, -0.2) is 0 Å². The second kappa shape index (κ2) is 3.47. The number of hydrogen-bond acceptors (Lipinski definition) is 1. The minimum Gasteiger partial charge on any atom is -0.617 e. The Labute approximate surface area is 60.0 Å². The van der Waals surface area contributed by atoms with Crippen molar-refractivity contribution in [2.24, 2.45) is 0 Å². The van der Waals surface area contributed by atoms with E-state index in [-0.39, 0.29) is 0 Å². The Morgan fingerprint density at radius 1 is 1.44 bits per heavy atom. The van der Waals surface area contributed by atoms with Crippen LogP contribution in [0.1, 0.15) is 25.7 Å². The summed E-state index contributed by atoms with van der Waals surface area (Å²) in [6.07, 6.45) is 6.91. The van der Waals surface area contributed by atoms with Crippen LogP contribution in [0.15, 0.2) is 0 Å². The number of hydrogen-bond donors (Lipinski definition) is 0. The van der Waals surface area contributed by atoms with Crippen molar-refractivity contribution < 1.29 is 4.55 Å². The maximum Gasteiger partial charge on any atom is 0.111 e. The van der Waals surface area contributed by atoms with Gasteiger partial charge in [0, 0.05) is 5.92 Å². The first-order valence-corrected chi connectivity index (χ1v) is 5.15. The zero-order valence-corrected chi connectivity index (χ0v) is 6.67. The SMILES string of the molecule is C[S+]([O-])C[C]1CCCC1. The highest BCUT2D eigenvalue weighted by atomic mass is 32.2. The Hall–Kier alpha value is 0.310. The van der Waals surface area contributed by atoms with E-state index in [1.807, 2.05) is 0 Å². The molecule has 0 aromatic rings. The number of rotatable bonds is 2. The molecule has 1 atom stereocenters. The molecule has 0 bridgehead atoms. The third kappa shape index (κ3) is 2.59. The van der Waals surface area contributed by atoms with Crippen LogP contribution in [-0.4, -0.2) is 16.6 Å². The summed E-state index contributed by atoms with van der Waals surface area (Å²) in [7, 11) is 0. The average molecular weight is 145 g/mol. The minimum absolute atomic E-state index is 0.592.